The normalized spacial score (nSPS) is 12.2. The fourth-order valence-corrected chi connectivity index (χ4v) is 2.01. The fraction of sp³-hybridized carbons (Fsp3) is 0.611. The van der Waals surface area contributed by atoms with Crippen LogP contribution >= 0.6 is 0 Å². The summed E-state index contributed by atoms with van der Waals surface area (Å²) in [6, 6.07) is 6.47. The van der Waals surface area contributed by atoms with E-state index in [4.69, 9.17) is 4.74 Å². The summed E-state index contributed by atoms with van der Waals surface area (Å²) in [6.45, 7) is 10.5. The number of methoxy groups -OCH3 is 1. The Morgan fingerprint density at radius 3 is 2.48 bits per heavy atom. The summed E-state index contributed by atoms with van der Waals surface area (Å²) in [7, 11) is 5.83. The third kappa shape index (κ3) is 6.48. The predicted molar refractivity (Wildman–Crippen MR) is 99.4 cm³/mol. The molecule has 0 heterocycles. The number of rotatable bonds is 7. The Kier molecular flexibility index (Phi) is 7.36. The first kappa shape index (κ1) is 19.3. The van der Waals surface area contributed by atoms with Crippen LogP contribution in [0.25, 0.3) is 0 Å². The van der Waals surface area contributed by atoms with Gasteiger partial charge in [-0.05, 0) is 51.0 Å². The molecule has 0 spiro atoms. The zero-order chi connectivity index (χ0) is 17.5. The van der Waals surface area contributed by atoms with Crippen molar-refractivity contribution in [2.75, 3.05) is 39.2 Å². The van der Waals surface area contributed by atoms with Crippen LogP contribution in [0.3, 0.4) is 0 Å². The lowest BCUT2D eigenvalue weighted by molar-refractivity contribution is 0.0268. The van der Waals surface area contributed by atoms with Crippen molar-refractivity contribution in [3.63, 3.8) is 0 Å². The van der Waals surface area contributed by atoms with E-state index in [2.05, 4.69) is 66.7 Å². The Balaban J connectivity index is 2.77. The maximum absolute atomic E-state index is 5.43. The summed E-state index contributed by atoms with van der Waals surface area (Å²) in [5.74, 6) is 0.814. The molecule has 0 fully saturated rings. The standard InChI is InChI=1S/C18H32N4O/c1-8-19-17(21-13-18(3,4)23-7)20-12-15-9-10-16(22(5)6)11-14(15)2/h9-11H,8,12-13H2,1-7H3,(H2,19,20,21). The molecule has 0 atom stereocenters. The summed E-state index contributed by atoms with van der Waals surface area (Å²) in [4.78, 5) is 6.79. The Morgan fingerprint density at radius 2 is 1.96 bits per heavy atom. The second-order valence-corrected chi connectivity index (χ2v) is 6.52. The minimum absolute atomic E-state index is 0.223. The van der Waals surface area contributed by atoms with Gasteiger partial charge in [0.05, 0.1) is 12.1 Å². The first-order chi connectivity index (χ1) is 10.8. The van der Waals surface area contributed by atoms with Gasteiger partial charge in [0.1, 0.15) is 0 Å². The van der Waals surface area contributed by atoms with E-state index >= 15 is 0 Å². The molecule has 0 unspecified atom stereocenters. The molecule has 0 saturated carbocycles. The number of anilines is 1. The molecule has 2 N–H and O–H groups in total. The quantitative estimate of drug-likeness (QED) is 0.599. The van der Waals surface area contributed by atoms with Crippen LogP contribution in [0, 0.1) is 6.92 Å². The number of benzene rings is 1. The van der Waals surface area contributed by atoms with Crippen molar-refractivity contribution >= 4 is 11.6 Å². The lowest BCUT2D eigenvalue weighted by atomic mass is 10.1. The minimum Gasteiger partial charge on any atom is -0.378 e. The number of nitrogens with zero attached hydrogens (tertiary/aromatic N) is 2. The van der Waals surface area contributed by atoms with Gasteiger partial charge in [-0.3, -0.25) is 0 Å². The largest absolute Gasteiger partial charge is 0.378 e. The molecule has 0 bridgehead atoms. The van der Waals surface area contributed by atoms with Crippen LogP contribution in [0.2, 0.25) is 0 Å². The molecule has 0 amide bonds. The van der Waals surface area contributed by atoms with E-state index in [1.165, 1.54) is 16.8 Å². The van der Waals surface area contributed by atoms with E-state index in [1.807, 2.05) is 13.8 Å². The molecule has 0 aliphatic heterocycles. The lowest BCUT2D eigenvalue weighted by Crippen LogP contribution is -2.45. The average Bonchev–Trinajstić information content (AvgIpc) is 2.51. The summed E-state index contributed by atoms with van der Waals surface area (Å²) >= 11 is 0. The van der Waals surface area contributed by atoms with Crippen LogP contribution in [0.5, 0.6) is 0 Å². The number of aliphatic imine (C=N–C) groups is 1. The van der Waals surface area contributed by atoms with Gasteiger partial charge in [-0.25, -0.2) is 4.99 Å². The molecule has 1 rings (SSSR count). The molecule has 0 saturated heterocycles. The van der Waals surface area contributed by atoms with Crippen LogP contribution in [-0.4, -0.2) is 45.9 Å². The lowest BCUT2D eigenvalue weighted by Gasteiger charge is -2.24. The smallest absolute Gasteiger partial charge is 0.191 e. The second kappa shape index (κ2) is 8.77. The number of guanidine groups is 1. The summed E-state index contributed by atoms with van der Waals surface area (Å²) in [5, 5.41) is 6.61. The fourth-order valence-electron chi connectivity index (χ4n) is 2.01. The van der Waals surface area contributed by atoms with Gasteiger partial charge in [0, 0.05) is 40.0 Å². The van der Waals surface area contributed by atoms with Gasteiger partial charge in [0.2, 0.25) is 0 Å². The van der Waals surface area contributed by atoms with E-state index < -0.39 is 0 Å². The first-order valence-electron chi connectivity index (χ1n) is 8.13. The van der Waals surface area contributed by atoms with E-state index in [0.29, 0.717) is 13.1 Å². The topological polar surface area (TPSA) is 48.9 Å². The molecule has 1 aromatic carbocycles. The van der Waals surface area contributed by atoms with Gasteiger partial charge in [0.25, 0.3) is 0 Å². The van der Waals surface area contributed by atoms with Crippen molar-refractivity contribution in [2.45, 2.75) is 39.8 Å². The van der Waals surface area contributed by atoms with Crippen LogP contribution in [0.1, 0.15) is 31.9 Å². The highest BCUT2D eigenvalue weighted by Crippen LogP contribution is 2.18. The van der Waals surface area contributed by atoms with Crippen molar-refractivity contribution in [3.8, 4) is 0 Å². The monoisotopic (exact) mass is 320 g/mol. The number of aryl methyl sites for hydroxylation is 1. The van der Waals surface area contributed by atoms with Crippen LogP contribution in [0.4, 0.5) is 5.69 Å². The van der Waals surface area contributed by atoms with Crippen LogP contribution in [-0.2, 0) is 11.3 Å². The average molecular weight is 320 g/mol. The van der Waals surface area contributed by atoms with Crippen molar-refractivity contribution in [1.29, 1.82) is 0 Å². The third-order valence-corrected chi connectivity index (χ3v) is 3.83. The Morgan fingerprint density at radius 1 is 1.26 bits per heavy atom. The minimum atomic E-state index is -0.223. The van der Waals surface area contributed by atoms with E-state index in [0.717, 1.165) is 12.5 Å². The maximum atomic E-state index is 5.43. The van der Waals surface area contributed by atoms with Gasteiger partial charge in [0.15, 0.2) is 5.96 Å². The molecule has 5 heteroatoms. The third-order valence-electron chi connectivity index (χ3n) is 3.83. The predicted octanol–water partition coefficient (Wildman–Crippen LogP) is 2.54. The second-order valence-electron chi connectivity index (χ2n) is 6.52. The highest BCUT2D eigenvalue weighted by Gasteiger charge is 2.16. The van der Waals surface area contributed by atoms with E-state index in [-0.39, 0.29) is 5.60 Å². The number of nitrogens with one attached hydrogen (secondary N) is 2. The van der Waals surface area contributed by atoms with E-state index in [1.54, 1.807) is 7.11 Å². The van der Waals surface area contributed by atoms with Crippen molar-refractivity contribution in [3.05, 3.63) is 29.3 Å². The van der Waals surface area contributed by atoms with E-state index in [9.17, 15) is 0 Å². The maximum Gasteiger partial charge on any atom is 0.191 e. The first-order valence-corrected chi connectivity index (χ1v) is 8.13. The van der Waals surface area contributed by atoms with Gasteiger partial charge in [-0.2, -0.15) is 0 Å². The van der Waals surface area contributed by atoms with Gasteiger partial charge >= 0.3 is 0 Å². The summed E-state index contributed by atoms with van der Waals surface area (Å²) in [5.41, 5.74) is 3.48. The number of ether oxygens (including phenoxy) is 1. The zero-order valence-electron chi connectivity index (χ0n) is 15.7. The van der Waals surface area contributed by atoms with Crippen LogP contribution in [0.15, 0.2) is 23.2 Å². The summed E-state index contributed by atoms with van der Waals surface area (Å²) in [6.07, 6.45) is 0. The van der Waals surface area contributed by atoms with Crippen molar-refractivity contribution in [2.24, 2.45) is 4.99 Å². The summed E-state index contributed by atoms with van der Waals surface area (Å²) < 4.78 is 5.43. The SMILES string of the molecule is CCNC(=NCc1ccc(N(C)C)cc1C)NCC(C)(C)OC. The van der Waals surface area contributed by atoms with Gasteiger partial charge < -0.3 is 20.3 Å². The van der Waals surface area contributed by atoms with Gasteiger partial charge in [-0.1, -0.05) is 6.07 Å². The zero-order valence-corrected chi connectivity index (χ0v) is 15.7. The Bertz CT molecular complexity index is 524. The highest BCUT2D eigenvalue weighted by molar-refractivity contribution is 5.79. The number of hydrogen-bond donors (Lipinski definition) is 2. The molecular formula is C18H32N4O. The molecule has 130 valence electrons. The van der Waals surface area contributed by atoms with Gasteiger partial charge in [-0.15, -0.1) is 0 Å². The van der Waals surface area contributed by atoms with Crippen molar-refractivity contribution < 1.29 is 4.74 Å². The molecule has 5 nitrogen and oxygen atoms in total. The molecule has 0 aliphatic carbocycles. The Hall–Kier alpha value is -1.75. The Labute approximate surface area is 141 Å². The molecule has 23 heavy (non-hydrogen) atoms. The molecule has 0 aliphatic rings. The molecule has 1 aromatic rings. The molecule has 0 radical (unpaired) electrons. The van der Waals surface area contributed by atoms with Crippen LogP contribution < -0.4 is 15.5 Å². The number of hydrogen-bond acceptors (Lipinski definition) is 3. The van der Waals surface area contributed by atoms with Crippen molar-refractivity contribution in [1.82, 2.24) is 10.6 Å². The highest BCUT2D eigenvalue weighted by atomic mass is 16.5. The molecular weight excluding hydrogens is 288 g/mol. The molecule has 0 aromatic heterocycles.